The maximum absolute atomic E-state index is 10.9. The third-order valence-corrected chi connectivity index (χ3v) is 3.91. The first-order chi connectivity index (χ1) is 9.30. The highest BCUT2D eigenvalue weighted by molar-refractivity contribution is 5.72. The summed E-state index contributed by atoms with van der Waals surface area (Å²) in [4.78, 5) is 13.4. The van der Waals surface area contributed by atoms with Gasteiger partial charge in [0.05, 0.1) is 0 Å². The van der Waals surface area contributed by atoms with Gasteiger partial charge in [-0.3, -0.25) is 9.69 Å². The van der Waals surface area contributed by atoms with E-state index in [-0.39, 0.29) is 5.91 Å². The van der Waals surface area contributed by atoms with Crippen molar-refractivity contribution in [3.63, 3.8) is 0 Å². The summed E-state index contributed by atoms with van der Waals surface area (Å²) in [7, 11) is 0. The van der Waals surface area contributed by atoms with Crippen molar-refractivity contribution in [2.75, 3.05) is 32.7 Å². The van der Waals surface area contributed by atoms with Gasteiger partial charge in [0.2, 0.25) is 5.91 Å². The zero-order valence-electron chi connectivity index (χ0n) is 14.0. The van der Waals surface area contributed by atoms with E-state index < -0.39 is 0 Å². The summed E-state index contributed by atoms with van der Waals surface area (Å²) in [5.74, 6) is 0.843. The Labute approximate surface area is 124 Å². The highest BCUT2D eigenvalue weighted by Gasteiger charge is 2.26. The molecule has 0 bridgehead atoms. The molecule has 1 aliphatic heterocycles. The molecule has 1 aliphatic rings. The molecule has 0 aromatic heterocycles. The van der Waals surface area contributed by atoms with Gasteiger partial charge in [0.25, 0.3) is 0 Å². The second kappa shape index (κ2) is 7.99. The number of nitrogens with one attached hydrogen (secondary N) is 2. The number of carbonyl (C=O) groups is 1. The third-order valence-electron chi connectivity index (χ3n) is 3.91. The lowest BCUT2D eigenvalue weighted by Crippen LogP contribution is -2.52. The lowest BCUT2D eigenvalue weighted by Gasteiger charge is -2.39. The number of piperidine rings is 1. The van der Waals surface area contributed by atoms with Crippen molar-refractivity contribution in [1.82, 2.24) is 15.5 Å². The van der Waals surface area contributed by atoms with Gasteiger partial charge in [0.1, 0.15) is 0 Å². The molecule has 1 saturated heterocycles. The lowest BCUT2D eigenvalue weighted by atomic mass is 9.90. The van der Waals surface area contributed by atoms with Crippen molar-refractivity contribution in [3.05, 3.63) is 0 Å². The fourth-order valence-corrected chi connectivity index (χ4v) is 2.77. The summed E-state index contributed by atoms with van der Waals surface area (Å²) in [6, 6.07) is 0.588. The quantitative estimate of drug-likeness (QED) is 0.782. The van der Waals surface area contributed by atoms with Crippen LogP contribution in [0.4, 0.5) is 0 Å². The molecule has 1 heterocycles. The standard InChI is InChI=1S/C16H33N3O/c1-6-14-9-15(18-12-16(3,4)5)11-19(10-14)8-7-17-13(2)20/h14-15,18H,6-12H2,1-5H3,(H,17,20). The Balaban J connectivity index is 2.40. The number of likely N-dealkylation sites (tertiary alicyclic amines) is 1. The van der Waals surface area contributed by atoms with Crippen molar-refractivity contribution in [2.45, 2.75) is 53.5 Å². The van der Waals surface area contributed by atoms with Gasteiger partial charge >= 0.3 is 0 Å². The Morgan fingerprint density at radius 2 is 2.00 bits per heavy atom. The van der Waals surface area contributed by atoms with Crippen LogP contribution in [-0.4, -0.2) is 49.6 Å². The monoisotopic (exact) mass is 283 g/mol. The van der Waals surface area contributed by atoms with Gasteiger partial charge in [-0.1, -0.05) is 34.1 Å². The summed E-state index contributed by atoms with van der Waals surface area (Å²) in [6.07, 6.45) is 2.52. The summed E-state index contributed by atoms with van der Waals surface area (Å²) in [6.45, 7) is 15.7. The van der Waals surface area contributed by atoms with Crippen LogP contribution in [0.1, 0.15) is 47.5 Å². The molecule has 4 heteroatoms. The molecule has 1 amide bonds. The third kappa shape index (κ3) is 7.25. The second-order valence-electron chi connectivity index (χ2n) is 7.39. The Morgan fingerprint density at radius 3 is 2.55 bits per heavy atom. The Morgan fingerprint density at radius 1 is 1.30 bits per heavy atom. The predicted octanol–water partition coefficient (Wildman–Crippen LogP) is 1.86. The molecule has 20 heavy (non-hydrogen) atoms. The fraction of sp³-hybridized carbons (Fsp3) is 0.938. The Bertz CT molecular complexity index is 299. The molecular formula is C16H33N3O. The van der Waals surface area contributed by atoms with Crippen molar-refractivity contribution in [2.24, 2.45) is 11.3 Å². The molecule has 4 nitrogen and oxygen atoms in total. The van der Waals surface area contributed by atoms with Crippen molar-refractivity contribution in [3.8, 4) is 0 Å². The van der Waals surface area contributed by atoms with Gasteiger partial charge in [0.15, 0.2) is 0 Å². The van der Waals surface area contributed by atoms with E-state index in [0.717, 1.165) is 32.1 Å². The van der Waals surface area contributed by atoms with Crippen molar-refractivity contribution in [1.29, 1.82) is 0 Å². The molecule has 1 fully saturated rings. The second-order valence-corrected chi connectivity index (χ2v) is 7.39. The van der Waals surface area contributed by atoms with Crippen molar-refractivity contribution < 1.29 is 4.79 Å². The lowest BCUT2D eigenvalue weighted by molar-refractivity contribution is -0.119. The van der Waals surface area contributed by atoms with Crippen LogP contribution in [0.5, 0.6) is 0 Å². The van der Waals surface area contributed by atoms with Gasteiger partial charge < -0.3 is 10.6 Å². The first kappa shape index (κ1) is 17.4. The van der Waals surface area contributed by atoms with Crippen LogP contribution in [0.2, 0.25) is 0 Å². The minimum Gasteiger partial charge on any atom is -0.355 e. The predicted molar refractivity (Wildman–Crippen MR) is 84.8 cm³/mol. The summed E-state index contributed by atoms with van der Waals surface area (Å²) >= 11 is 0. The van der Waals surface area contributed by atoms with Gasteiger partial charge in [-0.05, 0) is 17.8 Å². The van der Waals surface area contributed by atoms with E-state index in [1.165, 1.54) is 19.4 Å². The molecule has 0 radical (unpaired) electrons. The molecule has 0 spiro atoms. The van der Waals surface area contributed by atoms with Crippen LogP contribution in [0, 0.1) is 11.3 Å². The molecular weight excluding hydrogens is 250 g/mol. The van der Waals surface area contributed by atoms with Crippen LogP contribution < -0.4 is 10.6 Å². The van der Waals surface area contributed by atoms with E-state index in [1.807, 2.05) is 0 Å². The average Bonchev–Trinajstić information content (AvgIpc) is 2.35. The van der Waals surface area contributed by atoms with Crippen LogP contribution in [0.15, 0.2) is 0 Å². The van der Waals surface area contributed by atoms with Crippen LogP contribution >= 0.6 is 0 Å². The maximum atomic E-state index is 10.9. The molecule has 118 valence electrons. The molecule has 0 aromatic carbocycles. The normalized spacial score (nSPS) is 24.6. The van der Waals surface area contributed by atoms with Crippen molar-refractivity contribution >= 4 is 5.91 Å². The Hall–Kier alpha value is -0.610. The van der Waals surface area contributed by atoms with Gasteiger partial charge in [-0.25, -0.2) is 0 Å². The smallest absolute Gasteiger partial charge is 0.216 e. The number of amides is 1. The summed E-state index contributed by atoms with van der Waals surface area (Å²) in [5.41, 5.74) is 0.334. The summed E-state index contributed by atoms with van der Waals surface area (Å²) < 4.78 is 0. The van der Waals surface area contributed by atoms with Gasteiger partial charge in [0, 0.05) is 45.7 Å². The van der Waals surface area contributed by atoms with E-state index in [2.05, 4.69) is 43.2 Å². The Kier molecular flexibility index (Phi) is 6.96. The topological polar surface area (TPSA) is 44.4 Å². The van der Waals surface area contributed by atoms with E-state index in [9.17, 15) is 4.79 Å². The van der Waals surface area contributed by atoms with Gasteiger partial charge in [-0.2, -0.15) is 0 Å². The molecule has 1 rings (SSSR count). The first-order valence-corrected chi connectivity index (χ1v) is 8.00. The molecule has 2 atom stereocenters. The van der Waals surface area contributed by atoms with Gasteiger partial charge in [-0.15, -0.1) is 0 Å². The number of rotatable bonds is 6. The number of hydrogen-bond acceptors (Lipinski definition) is 3. The van der Waals surface area contributed by atoms with Crippen LogP contribution in [0.3, 0.4) is 0 Å². The molecule has 2 unspecified atom stereocenters. The number of nitrogens with zero attached hydrogens (tertiary/aromatic N) is 1. The largest absolute Gasteiger partial charge is 0.355 e. The molecule has 0 saturated carbocycles. The van der Waals surface area contributed by atoms with E-state index in [0.29, 0.717) is 11.5 Å². The maximum Gasteiger partial charge on any atom is 0.216 e. The number of hydrogen-bond donors (Lipinski definition) is 2. The molecule has 0 aliphatic carbocycles. The minimum absolute atomic E-state index is 0.0662. The molecule has 0 aromatic rings. The van der Waals surface area contributed by atoms with E-state index >= 15 is 0 Å². The first-order valence-electron chi connectivity index (χ1n) is 8.00. The zero-order chi connectivity index (χ0) is 15.2. The van der Waals surface area contributed by atoms with Crippen LogP contribution in [0.25, 0.3) is 0 Å². The summed E-state index contributed by atoms with van der Waals surface area (Å²) in [5, 5.41) is 6.62. The molecule has 2 N–H and O–H groups in total. The number of carbonyl (C=O) groups excluding carboxylic acids is 1. The average molecular weight is 283 g/mol. The van der Waals surface area contributed by atoms with E-state index in [1.54, 1.807) is 6.92 Å². The minimum atomic E-state index is 0.0662. The highest BCUT2D eigenvalue weighted by Crippen LogP contribution is 2.20. The zero-order valence-corrected chi connectivity index (χ0v) is 14.0. The SMILES string of the molecule is CCC1CC(NCC(C)(C)C)CN(CCNC(C)=O)C1. The van der Waals surface area contributed by atoms with E-state index in [4.69, 9.17) is 0 Å². The highest BCUT2D eigenvalue weighted by atomic mass is 16.1. The van der Waals surface area contributed by atoms with Crippen LogP contribution in [-0.2, 0) is 4.79 Å². The fourth-order valence-electron chi connectivity index (χ4n) is 2.77.